The van der Waals surface area contributed by atoms with Crippen molar-refractivity contribution in [2.45, 2.75) is 6.92 Å². The molecule has 1 heterocycles. The average Bonchev–Trinajstić information content (AvgIpc) is 2.33. The van der Waals surface area contributed by atoms with Gasteiger partial charge in [0.15, 0.2) is 5.78 Å². The van der Waals surface area contributed by atoms with E-state index in [9.17, 15) is 9.18 Å². The molecule has 0 aliphatic carbocycles. The molecule has 17 heavy (non-hydrogen) atoms. The van der Waals surface area contributed by atoms with Crippen molar-refractivity contribution >= 4 is 11.5 Å². The number of aromatic nitrogens is 1. The van der Waals surface area contributed by atoms with Crippen LogP contribution >= 0.6 is 0 Å². The van der Waals surface area contributed by atoms with Crippen LogP contribution in [0.15, 0.2) is 36.5 Å². The first kappa shape index (κ1) is 11.3. The molecule has 0 bridgehead atoms. The summed E-state index contributed by atoms with van der Waals surface area (Å²) in [6.07, 6.45) is 1.48. The number of nitrogens with two attached hydrogens (primary N) is 1. The number of nitrogen functional groups attached to an aromatic ring is 1. The molecule has 0 saturated carbocycles. The second-order valence-corrected chi connectivity index (χ2v) is 3.75. The minimum Gasteiger partial charge on any atom is -0.396 e. The van der Waals surface area contributed by atoms with Crippen molar-refractivity contribution in [3.8, 4) is 0 Å². The monoisotopic (exact) mass is 230 g/mol. The molecule has 0 aliphatic heterocycles. The Morgan fingerprint density at radius 2 is 1.94 bits per heavy atom. The molecule has 2 aromatic rings. The molecule has 2 rings (SSSR count). The van der Waals surface area contributed by atoms with Gasteiger partial charge in [-0.25, -0.2) is 4.39 Å². The third-order valence-corrected chi connectivity index (χ3v) is 2.44. The number of hydrogen-bond donors (Lipinski definition) is 1. The molecule has 0 saturated heterocycles. The summed E-state index contributed by atoms with van der Waals surface area (Å²) >= 11 is 0. The molecule has 86 valence electrons. The first-order valence-electron chi connectivity index (χ1n) is 5.10. The largest absolute Gasteiger partial charge is 0.396 e. The van der Waals surface area contributed by atoms with Crippen molar-refractivity contribution in [1.29, 1.82) is 0 Å². The average molecular weight is 230 g/mol. The van der Waals surface area contributed by atoms with Gasteiger partial charge in [-0.2, -0.15) is 0 Å². The van der Waals surface area contributed by atoms with Crippen molar-refractivity contribution < 1.29 is 9.18 Å². The Bertz CT molecular complexity index is 564. The molecule has 2 N–H and O–H groups in total. The number of halogens is 1. The molecule has 3 nitrogen and oxygen atoms in total. The zero-order valence-corrected chi connectivity index (χ0v) is 9.27. The number of nitrogens with zero attached hydrogens (tertiary/aromatic N) is 1. The van der Waals surface area contributed by atoms with Gasteiger partial charge in [0.25, 0.3) is 0 Å². The van der Waals surface area contributed by atoms with Crippen LogP contribution in [-0.4, -0.2) is 10.8 Å². The third kappa shape index (κ3) is 2.30. The van der Waals surface area contributed by atoms with E-state index in [1.807, 2.05) is 6.92 Å². The van der Waals surface area contributed by atoms with Gasteiger partial charge in [-0.1, -0.05) is 0 Å². The van der Waals surface area contributed by atoms with E-state index in [1.54, 1.807) is 12.1 Å². The zero-order chi connectivity index (χ0) is 12.4. The van der Waals surface area contributed by atoms with Gasteiger partial charge in [0.05, 0.1) is 5.69 Å². The number of hydrogen-bond acceptors (Lipinski definition) is 3. The summed E-state index contributed by atoms with van der Waals surface area (Å²) < 4.78 is 13.2. The van der Waals surface area contributed by atoms with Crippen molar-refractivity contribution in [2.24, 2.45) is 0 Å². The molecule has 1 aromatic carbocycles. The van der Waals surface area contributed by atoms with Crippen molar-refractivity contribution in [3.63, 3.8) is 0 Å². The van der Waals surface area contributed by atoms with Gasteiger partial charge in [-0.3, -0.25) is 9.78 Å². The van der Waals surface area contributed by atoms with Crippen LogP contribution in [0.2, 0.25) is 0 Å². The van der Waals surface area contributed by atoms with Crippen LogP contribution in [0.25, 0.3) is 0 Å². The Kier molecular flexibility index (Phi) is 2.87. The van der Waals surface area contributed by atoms with E-state index >= 15 is 0 Å². The molecule has 1 aromatic heterocycles. The molecule has 0 fully saturated rings. The highest BCUT2D eigenvalue weighted by atomic mass is 19.1. The highest BCUT2D eigenvalue weighted by Gasteiger charge is 2.11. The molecule has 0 atom stereocenters. The molecule has 0 spiro atoms. The standard InChI is InChI=1S/C13H11FN2O/c1-8-2-3-10(7-16-8)13(17)9-4-5-12(15)11(14)6-9/h2-7H,15H2,1H3. The lowest BCUT2D eigenvalue weighted by Crippen LogP contribution is -2.03. The number of benzene rings is 1. The lowest BCUT2D eigenvalue weighted by molar-refractivity contribution is 0.103. The van der Waals surface area contributed by atoms with Crippen molar-refractivity contribution in [1.82, 2.24) is 4.98 Å². The fourth-order valence-corrected chi connectivity index (χ4v) is 1.44. The summed E-state index contributed by atoms with van der Waals surface area (Å²) in [5.74, 6) is -0.854. The van der Waals surface area contributed by atoms with Crippen LogP contribution in [-0.2, 0) is 0 Å². The topological polar surface area (TPSA) is 56.0 Å². The number of ketones is 1. The lowest BCUT2D eigenvalue weighted by atomic mass is 10.0. The molecule has 0 radical (unpaired) electrons. The Labute approximate surface area is 98.1 Å². The molecule has 0 aliphatic rings. The van der Waals surface area contributed by atoms with Crippen LogP contribution in [0.4, 0.5) is 10.1 Å². The maximum atomic E-state index is 13.2. The van der Waals surface area contributed by atoms with Gasteiger partial charge in [-0.15, -0.1) is 0 Å². The summed E-state index contributed by atoms with van der Waals surface area (Å²) in [4.78, 5) is 16.0. The van der Waals surface area contributed by atoms with E-state index in [1.165, 1.54) is 18.3 Å². The summed E-state index contributed by atoms with van der Waals surface area (Å²) in [5, 5.41) is 0. The third-order valence-electron chi connectivity index (χ3n) is 2.44. The predicted molar refractivity (Wildman–Crippen MR) is 63.2 cm³/mol. The Morgan fingerprint density at radius 1 is 1.24 bits per heavy atom. The van der Waals surface area contributed by atoms with Gasteiger partial charge in [0.2, 0.25) is 0 Å². The smallest absolute Gasteiger partial charge is 0.194 e. The fourth-order valence-electron chi connectivity index (χ4n) is 1.44. The molecule has 0 unspecified atom stereocenters. The molecule has 0 amide bonds. The fraction of sp³-hybridized carbons (Fsp3) is 0.0769. The number of carbonyl (C=O) groups is 1. The van der Waals surface area contributed by atoms with Gasteiger partial charge in [0, 0.05) is 23.0 Å². The van der Waals surface area contributed by atoms with E-state index in [0.29, 0.717) is 5.56 Å². The van der Waals surface area contributed by atoms with E-state index < -0.39 is 5.82 Å². The van der Waals surface area contributed by atoms with Crippen LogP contribution < -0.4 is 5.73 Å². The van der Waals surface area contributed by atoms with Crippen molar-refractivity contribution in [2.75, 3.05) is 5.73 Å². The van der Waals surface area contributed by atoms with E-state index in [2.05, 4.69) is 4.98 Å². The molecular formula is C13H11FN2O. The molecular weight excluding hydrogens is 219 g/mol. The predicted octanol–water partition coefficient (Wildman–Crippen LogP) is 2.34. The number of anilines is 1. The van der Waals surface area contributed by atoms with Crippen LogP contribution in [0.1, 0.15) is 21.6 Å². The Hall–Kier alpha value is -2.23. The normalized spacial score (nSPS) is 10.2. The quantitative estimate of drug-likeness (QED) is 0.636. The summed E-state index contributed by atoms with van der Waals surface area (Å²) in [6.45, 7) is 1.83. The zero-order valence-electron chi connectivity index (χ0n) is 9.27. The minimum atomic E-state index is -0.587. The van der Waals surface area contributed by atoms with Crippen LogP contribution in [0, 0.1) is 12.7 Å². The number of rotatable bonds is 2. The summed E-state index contributed by atoms with van der Waals surface area (Å²) in [5.41, 5.74) is 6.90. The summed E-state index contributed by atoms with van der Waals surface area (Å²) in [6, 6.07) is 7.42. The van der Waals surface area contributed by atoms with Crippen LogP contribution in [0.3, 0.4) is 0 Å². The Morgan fingerprint density at radius 3 is 2.53 bits per heavy atom. The second-order valence-electron chi connectivity index (χ2n) is 3.75. The maximum Gasteiger partial charge on any atom is 0.194 e. The van der Waals surface area contributed by atoms with E-state index in [0.717, 1.165) is 11.8 Å². The number of pyridine rings is 1. The highest BCUT2D eigenvalue weighted by molar-refractivity contribution is 6.08. The van der Waals surface area contributed by atoms with E-state index in [-0.39, 0.29) is 17.0 Å². The van der Waals surface area contributed by atoms with Crippen LogP contribution in [0.5, 0.6) is 0 Å². The Balaban J connectivity index is 2.37. The van der Waals surface area contributed by atoms with Crippen molar-refractivity contribution in [3.05, 3.63) is 59.2 Å². The van der Waals surface area contributed by atoms with Gasteiger partial charge in [-0.05, 0) is 37.3 Å². The number of aryl methyl sites for hydroxylation is 1. The highest BCUT2D eigenvalue weighted by Crippen LogP contribution is 2.15. The second kappa shape index (κ2) is 4.33. The lowest BCUT2D eigenvalue weighted by Gasteiger charge is -2.03. The van der Waals surface area contributed by atoms with Gasteiger partial charge < -0.3 is 5.73 Å². The number of carbonyl (C=O) groups excluding carboxylic acids is 1. The first-order valence-corrected chi connectivity index (χ1v) is 5.10. The SMILES string of the molecule is Cc1ccc(C(=O)c2ccc(N)c(F)c2)cn1. The van der Waals surface area contributed by atoms with E-state index in [4.69, 9.17) is 5.73 Å². The van der Waals surface area contributed by atoms with Gasteiger partial charge >= 0.3 is 0 Å². The maximum absolute atomic E-state index is 13.2. The molecule has 4 heteroatoms. The summed E-state index contributed by atoms with van der Waals surface area (Å²) in [7, 11) is 0. The minimum absolute atomic E-state index is 0.0311. The van der Waals surface area contributed by atoms with Gasteiger partial charge in [0.1, 0.15) is 5.82 Å². The first-order chi connectivity index (χ1) is 8.08.